The molecule has 2 unspecified atom stereocenters. The molecule has 0 saturated carbocycles. The second-order valence-corrected chi connectivity index (χ2v) is 8.33. The van der Waals surface area contributed by atoms with Crippen molar-refractivity contribution in [3.8, 4) is 16.3 Å². The summed E-state index contributed by atoms with van der Waals surface area (Å²) in [6, 6.07) is 14.3. The highest BCUT2D eigenvalue weighted by atomic mass is 32.1. The lowest BCUT2D eigenvalue weighted by Crippen LogP contribution is -2.16. The van der Waals surface area contributed by atoms with Crippen LogP contribution in [0.15, 0.2) is 54.0 Å². The summed E-state index contributed by atoms with van der Waals surface area (Å²) in [7, 11) is 5.86. The number of rotatable bonds is 6. The van der Waals surface area contributed by atoms with E-state index in [-0.39, 0.29) is 6.04 Å². The molecule has 2 aromatic heterocycles. The average Bonchev–Trinajstić information content (AvgIpc) is 3.39. The molecule has 150 valence electrons. The summed E-state index contributed by atoms with van der Waals surface area (Å²) >= 11 is 1.62. The Morgan fingerprint density at radius 3 is 2.76 bits per heavy atom. The number of nitrogens with zero attached hydrogens (tertiary/aromatic N) is 2. The number of hydrogen-bond donors (Lipinski definition) is 2. The second-order valence-electron chi connectivity index (χ2n) is 7.48. The molecule has 0 spiro atoms. The molecule has 2 heterocycles. The van der Waals surface area contributed by atoms with E-state index in [9.17, 15) is 0 Å². The van der Waals surface area contributed by atoms with Crippen molar-refractivity contribution < 1.29 is 4.74 Å². The Hall–Kier alpha value is -2.67. The molecule has 0 aliphatic carbocycles. The average molecular weight is 407 g/mol. The number of ether oxygens (including phenoxy) is 1. The van der Waals surface area contributed by atoms with Crippen LogP contribution in [0.2, 0.25) is 0 Å². The number of aromatic amines is 1. The largest absolute Gasteiger partial charge is 0.497 e. The van der Waals surface area contributed by atoms with Crippen molar-refractivity contribution in [3.63, 3.8) is 0 Å². The van der Waals surface area contributed by atoms with E-state index < -0.39 is 0 Å². The van der Waals surface area contributed by atoms with Gasteiger partial charge in [-0.25, -0.2) is 4.98 Å². The van der Waals surface area contributed by atoms with Crippen LogP contribution in [0.1, 0.15) is 35.8 Å². The topological polar surface area (TPSA) is 67.2 Å². The third kappa shape index (κ3) is 3.79. The van der Waals surface area contributed by atoms with Crippen LogP contribution in [0.25, 0.3) is 21.5 Å². The van der Waals surface area contributed by atoms with Gasteiger partial charge in [0, 0.05) is 34.1 Å². The minimum Gasteiger partial charge on any atom is -0.497 e. The summed E-state index contributed by atoms with van der Waals surface area (Å²) in [5, 5.41) is 4.26. The van der Waals surface area contributed by atoms with Gasteiger partial charge in [0.1, 0.15) is 10.8 Å². The zero-order valence-corrected chi connectivity index (χ0v) is 18.0. The molecular weight excluding hydrogens is 380 g/mol. The molecule has 0 aliphatic heterocycles. The first-order valence-corrected chi connectivity index (χ1v) is 10.5. The monoisotopic (exact) mass is 406 g/mol. The van der Waals surface area contributed by atoms with Gasteiger partial charge in [0.25, 0.3) is 0 Å². The Morgan fingerprint density at radius 1 is 1.17 bits per heavy atom. The maximum absolute atomic E-state index is 6.48. The smallest absolute Gasteiger partial charge is 0.123 e. The van der Waals surface area contributed by atoms with Crippen LogP contribution < -0.4 is 10.5 Å². The number of fused-ring (bicyclic) bond motifs is 1. The highest BCUT2D eigenvalue weighted by Gasteiger charge is 2.17. The first-order chi connectivity index (χ1) is 14.0. The van der Waals surface area contributed by atoms with Crippen molar-refractivity contribution in [1.82, 2.24) is 14.9 Å². The lowest BCUT2D eigenvalue weighted by atomic mass is 10.0. The molecule has 29 heavy (non-hydrogen) atoms. The number of H-pyrrole nitrogens is 1. The maximum atomic E-state index is 6.48. The van der Waals surface area contributed by atoms with Crippen molar-refractivity contribution >= 4 is 22.2 Å². The molecule has 0 saturated heterocycles. The number of aromatic nitrogens is 2. The van der Waals surface area contributed by atoms with E-state index in [2.05, 4.69) is 55.3 Å². The van der Waals surface area contributed by atoms with Crippen LogP contribution in [0.3, 0.4) is 0 Å². The lowest BCUT2D eigenvalue weighted by Gasteiger charge is -2.19. The third-order valence-electron chi connectivity index (χ3n) is 5.48. The molecule has 3 N–H and O–H groups in total. The van der Waals surface area contributed by atoms with Gasteiger partial charge in [0.15, 0.2) is 0 Å². The van der Waals surface area contributed by atoms with Gasteiger partial charge >= 0.3 is 0 Å². The molecule has 6 heteroatoms. The van der Waals surface area contributed by atoms with E-state index in [1.165, 1.54) is 10.9 Å². The van der Waals surface area contributed by atoms with Crippen LogP contribution >= 0.6 is 11.3 Å². The molecule has 4 rings (SSSR count). The molecule has 0 fully saturated rings. The van der Waals surface area contributed by atoms with E-state index in [1.54, 1.807) is 18.4 Å². The number of benzene rings is 2. The predicted molar refractivity (Wildman–Crippen MR) is 121 cm³/mol. The molecule has 2 atom stereocenters. The number of thiazole rings is 1. The quantitative estimate of drug-likeness (QED) is 0.474. The molecule has 0 amide bonds. The standard InChI is InChI=1S/C23H26N4OS/c1-14(27(2)3)19-12-25-20-9-8-16(11-18(19)20)23-26-21(13-29-23)22(24)15-6-5-7-17(10-15)28-4/h5-14,22,25H,24H2,1-4H3. The second kappa shape index (κ2) is 7.99. The van der Waals surface area contributed by atoms with Crippen molar-refractivity contribution in [2.75, 3.05) is 21.2 Å². The van der Waals surface area contributed by atoms with Crippen LogP contribution in [0.5, 0.6) is 5.75 Å². The minimum absolute atomic E-state index is 0.282. The van der Waals surface area contributed by atoms with Gasteiger partial charge in [0.05, 0.1) is 18.8 Å². The summed E-state index contributed by atoms with van der Waals surface area (Å²) in [6.07, 6.45) is 2.10. The molecule has 4 aromatic rings. The summed E-state index contributed by atoms with van der Waals surface area (Å²) in [4.78, 5) is 10.4. The number of nitrogens with two attached hydrogens (primary N) is 1. The van der Waals surface area contributed by atoms with Gasteiger partial charge in [-0.2, -0.15) is 0 Å². The highest BCUT2D eigenvalue weighted by molar-refractivity contribution is 7.13. The van der Waals surface area contributed by atoms with Gasteiger partial charge in [-0.1, -0.05) is 12.1 Å². The van der Waals surface area contributed by atoms with Gasteiger partial charge in [-0.3, -0.25) is 0 Å². The Bertz CT molecular complexity index is 1130. The normalized spacial score (nSPS) is 13.7. The summed E-state index contributed by atoms with van der Waals surface area (Å²) in [5.74, 6) is 0.800. The third-order valence-corrected chi connectivity index (χ3v) is 6.39. The fourth-order valence-electron chi connectivity index (χ4n) is 3.47. The Labute approximate surface area is 175 Å². The van der Waals surface area contributed by atoms with Crippen molar-refractivity contribution in [2.24, 2.45) is 5.73 Å². The molecular formula is C23H26N4OS. The molecule has 0 aliphatic rings. The number of methoxy groups -OCH3 is 1. The fourth-order valence-corrected chi connectivity index (χ4v) is 4.32. The minimum atomic E-state index is -0.282. The van der Waals surface area contributed by atoms with Gasteiger partial charge in [0.2, 0.25) is 0 Å². The molecule has 2 aromatic carbocycles. The van der Waals surface area contributed by atoms with Crippen LogP contribution in [0.4, 0.5) is 0 Å². The van der Waals surface area contributed by atoms with E-state index >= 15 is 0 Å². The Morgan fingerprint density at radius 2 is 2.00 bits per heavy atom. The molecule has 5 nitrogen and oxygen atoms in total. The SMILES string of the molecule is COc1cccc(C(N)c2csc(-c3ccc4[nH]cc(C(C)N(C)C)c4c3)n2)c1. The maximum Gasteiger partial charge on any atom is 0.123 e. The van der Waals surface area contributed by atoms with E-state index in [0.717, 1.165) is 33.1 Å². The van der Waals surface area contributed by atoms with Gasteiger partial charge in [-0.05, 0) is 62.5 Å². The van der Waals surface area contributed by atoms with E-state index in [0.29, 0.717) is 6.04 Å². The van der Waals surface area contributed by atoms with E-state index in [4.69, 9.17) is 15.5 Å². The Balaban J connectivity index is 1.67. The van der Waals surface area contributed by atoms with Crippen molar-refractivity contribution in [2.45, 2.75) is 19.0 Å². The summed E-state index contributed by atoms with van der Waals surface area (Å²) in [6.45, 7) is 2.21. The van der Waals surface area contributed by atoms with Crippen LogP contribution in [-0.4, -0.2) is 36.1 Å². The summed E-state index contributed by atoms with van der Waals surface area (Å²) < 4.78 is 5.32. The van der Waals surface area contributed by atoms with E-state index in [1.807, 2.05) is 29.6 Å². The fraction of sp³-hybridized carbons (Fsp3) is 0.261. The van der Waals surface area contributed by atoms with Crippen LogP contribution in [0, 0.1) is 0 Å². The van der Waals surface area contributed by atoms with Crippen molar-refractivity contribution in [1.29, 1.82) is 0 Å². The molecule has 0 radical (unpaired) electrons. The first-order valence-electron chi connectivity index (χ1n) is 9.60. The lowest BCUT2D eigenvalue weighted by molar-refractivity contribution is 0.323. The molecule has 0 bridgehead atoms. The van der Waals surface area contributed by atoms with Gasteiger partial charge in [-0.15, -0.1) is 11.3 Å². The van der Waals surface area contributed by atoms with Crippen LogP contribution in [-0.2, 0) is 0 Å². The number of nitrogens with one attached hydrogen (secondary N) is 1. The predicted octanol–water partition coefficient (Wildman–Crippen LogP) is 4.97. The zero-order chi connectivity index (χ0) is 20.5. The highest BCUT2D eigenvalue weighted by Crippen LogP contribution is 2.33. The Kier molecular flexibility index (Phi) is 5.41. The first kappa shape index (κ1) is 19.6. The zero-order valence-electron chi connectivity index (χ0n) is 17.1. The van der Waals surface area contributed by atoms with Crippen molar-refractivity contribution in [3.05, 3.63) is 70.9 Å². The summed E-state index contributed by atoms with van der Waals surface area (Å²) in [5.41, 5.74) is 11.9. The van der Waals surface area contributed by atoms with Gasteiger partial charge < -0.3 is 20.4 Å². The number of hydrogen-bond acceptors (Lipinski definition) is 5.